The van der Waals surface area contributed by atoms with Crippen molar-refractivity contribution in [2.45, 2.75) is 63.9 Å². The highest BCUT2D eigenvalue weighted by Crippen LogP contribution is 2.45. The van der Waals surface area contributed by atoms with Gasteiger partial charge in [-0.1, -0.05) is 121 Å². The lowest BCUT2D eigenvalue weighted by atomic mass is 9.98. The van der Waals surface area contributed by atoms with Crippen LogP contribution in [-0.4, -0.2) is 29.5 Å². The number of benzene rings is 5. The van der Waals surface area contributed by atoms with Crippen molar-refractivity contribution in [1.82, 2.24) is 0 Å². The molecule has 1 aliphatic heterocycles. The van der Waals surface area contributed by atoms with E-state index in [-0.39, 0.29) is 11.9 Å². The standard InChI is InChI=1S/C40H39IO6/c1-28(43-24-29-14-6-2-7-15-29)37-39(45-26-31-18-10-4-11-19-31)40(46-27-32-20-12-5-13-21-32)38(47-37)33-22-23-34(35(41)36(33)42)44-25-30-16-8-3-9-17-30/h2-23,28,37-40,42H,24-27H2,1H3/t28-,37+,38-,39+,40+/m1/s1. The van der Waals surface area contributed by atoms with Crippen LogP contribution in [-0.2, 0) is 45.4 Å². The molecular weight excluding hydrogens is 703 g/mol. The molecule has 0 bridgehead atoms. The first-order valence-electron chi connectivity index (χ1n) is 15.9. The van der Waals surface area contributed by atoms with Gasteiger partial charge in [-0.3, -0.25) is 0 Å². The SMILES string of the molecule is C[C@@H](OCc1ccccc1)[C@@H]1O[C@H](c2ccc(OCc3ccccc3)c(I)c2O)[C@H](OCc2ccccc2)[C@H]1OCc1ccccc1. The fourth-order valence-corrected chi connectivity index (χ4v) is 6.40. The van der Waals surface area contributed by atoms with E-state index in [1.165, 1.54) is 0 Å². The molecule has 0 aromatic heterocycles. The van der Waals surface area contributed by atoms with E-state index >= 15 is 0 Å². The van der Waals surface area contributed by atoms with Gasteiger partial charge in [-0.15, -0.1) is 0 Å². The molecule has 6 nitrogen and oxygen atoms in total. The molecule has 0 aliphatic carbocycles. The first-order chi connectivity index (χ1) is 23.1. The van der Waals surface area contributed by atoms with Gasteiger partial charge in [0.05, 0.1) is 29.5 Å². The van der Waals surface area contributed by atoms with Gasteiger partial charge in [-0.05, 0) is 63.9 Å². The van der Waals surface area contributed by atoms with Crippen molar-refractivity contribution in [2.75, 3.05) is 0 Å². The largest absolute Gasteiger partial charge is 0.506 e. The molecule has 1 heterocycles. The van der Waals surface area contributed by atoms with Gasteiger partial charge in [0.25, 0.3) is 0 Å². The molecule has 0 amide bonds. The molecule has 0 spiro atoms. The Kier molecular flexibility index (Phi) is 11.6. The van der Waals surface area contributed by atoms with Gasteiger partial charge in [-0.25, -0.2) is 0 Å². The molecule has 5 aromatic carbocycles. The maximum absolute atomic E-state index is 11.6. The molecule has 242 valence electrons. The molecule has 0 saturated carbocycles. The summed E-state index contributed by atoms with van der Waals surface area (Å²) in [7, 11) is 0. The van der Waals surface area contributed by atoms with Crippen LogP contribution >= 0.6 is 22.6 Å². The highest BCUT2D eigenvalue weighted by atomic mass is 127. The number of hydrogen-bond donors (Lipinski definition) is 1. The second kappa shape index (κ2) is 16.4. The minimum Gasteiger partial charge on any atom is -0.506 e. The Morgan fingerprint density at radius 2 is 1.09 bits per heavy atom. The van der Waals surface area contributed by atoms with Crippen molar-refractivity contribution in [3.05, 3.63) is 165 Å². The van der Waals surface area contributed by atoms with Crippen LogP contribution in [0.1, 0.15) is 40.8 Å². The third kappa shape index (κ3) is 8.60. The molecule has 0 radical (unpaired) electrons. The summed E-state index contributed by atoms with van der Waals surface area (Å²) in [5.41, 5.74) is 4.82. The van der Waals surface area contributed by atoms with Gasteiger partial charge in [-0.2, -0.15) is 0 Å². The van der Waals surface area contributed by atoms with Crippen molar-refractivity contribution in [2.24, 2.45) is 0 Å². The number of phenolic OH excluding ortho intramolecular Hbond substituents is 1. The fourth-order valence-electron chi connectivity index (χ4n) is 5.75. The first kappa shape index (κ1) is 33.2. The van der Waals surface area contributed by atoms with Crippen molar-refractivity contribution >= 4 is 22.6 Å². The van der Waals surface area contributed by atoms with E-state index < -0.39 is 24.4 Å². The van der Waals surface area contributed by atoms with Gasteiger partial charge in [0.1, 0.15) is 42.5 Å². The molecule has 1 saturated heterocycles. The maximum atomic E-state index is 11.6. The minimum atomic E-state index is -0.621. The highest BCUT2D eigenvalue weighted by molar-refractivity contribution is 14.1. The van der Waals surface area contributed by atoms with Crippen molar-refractivity contribution in [1.29, 1.82) is 0 Å². The van der Waals surface area contributed by atoms with Crippen LogP contribution in [0.25, 0.3) is 0 Å². The van der Waals surface area contributed by atoms with E-state index in [1.54, 1.807) is 0 Å². The summed E-state index contributed by atoms with van der Waals surface area (Å²) in [6.45, 7) is 3.58. The smallest absolute Gasteiger partial charge is 0.138 e. The number of halogens is 1. The zero-order chi connectivity index (χ0) is 32.4. The first-order valence-corrected chi connectivity index (χ1v) is 16.9. The minimum absolute atomic E-state index is 0.106. The second-order valence-electron chi connectivity index (χ2n) is 11.6. The predicted octanol–water partition coefficient (Wildman–Crippen LogP) is 8.79. The summed E-state index contributed by atoms with van der Waals surface area (Å²) in [5, 5.41) is 11.6. The molecule has 7 heteroatoms. The summed E-state index contributed by atoms with van der Waals surface area (Å²) in [4.78, 5) is 0. The Balaban J connectivity index is 1.29. The number of ether oxygens (including phenoxy) is 5. The van der Waals surface area contributed by atoms with Gasteiger partial charge in [0, 0.05) is 5.56 Å². The Morgan fingerprint density at radius 3 is 1.62 bits per heavy atom. The van der Waals surface area contributed by atoms with E-state index in [9.17, 15) is 5.11 Å². The molecule has 1 aliphatic rings. The van der Waals surface area contributed by atoms with Crippen LogP contribution in [0.4, 0.5) is 0 Å². The van der Waals surface area contributed by atoms with Gasteiger partial charge in [0.2, 0.25) is 0 Å². The zero-order valence-electron chi connectivity index (χ0n) is 26.3. The fraction of sp³-hybridized carbons (Fsp3) is 0.250. The zero-order valence-corrected chi connectivity index (χ0v) is 28.4. The van der Waals surface area contributed by atoms with E-state index in [0.717, 1.165) is 22.3 Å². The van der Waals surface area contributed by atoms with Crippen LogP contribution < -0.4 is 4.74 Å². The van der Waals surface area contributed by atoms with Crippen LogP contribution in [0.2, 0.25) is 0 Å². The normalized spacial score (nSPS) is 19.8. The average Bonchev–Trinajstić information content (AvgIpc) is 3.49. The highest BCUT2D eigenvalue weighted by Gasteiger charge is 2.50. The predicted molar refractivity (Wildman–Crippen MR) is 190 cm³/mol. The summed E-state index contributed by atoms with van der Waals surface area (Å²) in [6, 6.07) is 43.9. The Labute approximate surface area is 290 Å². The van der Waals surface area contributed by atoms with Crippen molar-refractivity contribution in [3.8, 4) is 11.5 Å². The third-order valence-corrected chi connectivity index (χ3v) is 9.34. The van der Waals surface area contributed by atoms with E-state index in [4.69, 9.17) is 23.7 Å². The quantitative estimate of drug-likeness (QED) is 0.115. The van der Waals surface area contributed by atoms with E-state index in [1.807, 2.05) is 140 Å². The Morgan fingerprint density at radius 1 is 0.617 bits per heavy atom. The van der Waals surface area contributed by atoms with Crippen LogP contribution in [0.5, 0.6) is 11.5 Å². The molecule has 0 unspecified atom stereocenters. The summed E-state index contributed by atoms with van der Waals surface area (Å²) >= 11 is 2.14. The van der Waals surface area contributed by atoms with Crippen LogP contribution in [0.3, 0.4) is 0 Å². The average molecular weight is 743 g/mol. The monoisotopic (exact) mass is 742 g/mol. The topological polar surface area (TPSA) is 66.4 Å². The van der Waals surface area contributed by atoms with Crippen molar-refractivity contribution in [3.63, 3.8) is 0 Å². The molecule has 47 heavy (non-hydrogen) atoms. The van der Waals surface area contributed by atoms with E-state index in [2.05, 4.69) is 22.6 Å². The third-order valence-electron chi connectivity index (χ3n) is 8.29. The molecule has 6 rings (SSSR count). The van der Waals surface area contributed by atoms with Gasteiger partial charge < -0.3 is 28.8 Å². The van der Waals surface area contributed by atoms with Crippen molar-refractivity contribution < 1.29 is 28.8 Å². The number of hydrogen-bond acceptors (Lipinski definition) is 6. The second-order valence-corrected chi connectivity index (χ2v) is 12.7. The lowest BCUT2D eigenvalue weighted by Crippen LogP contribution is -2.41. The molecule has 1 N–H and O–H groups in total. The molecule has 5 aromatic rings. The van der Waals surface area contributed by atoms with Gasteiger partial charge >= 0.3 is 0 Å². The Bertz CT molecular complexity index is 1670. The Hall–Kier alpha value is -3.73. The number of phenols is 1. The summed E-state index contributed by atoms with van der Waals surface area (Å²) in [6.07, 6.45) is -2.45. The lowest BCUT2D eigenvalue weighted by Gasteiger charge is -2.28. The summed E-state index contributed by atoms with van der Waals surface area (Å²) in [5.74, 6) is 0.707. The maximum Gasteiger partial charge on any atom is 0.138 e. The van der Waals surface area contributed by atoms with Gasteiger partial charge in [0.15, 0.2) is 0 Å². The van der Waals surface area contributed by atoms with Crippen LogP contribution in [0, 0.1) is 3.57 Å². The molecule has 5 atom stereocenters. The number of aromatic hydroxyl groups is 1. The number of rotatable bonds is 14. The molecule has 1 fully saturated rings. The van der Waals surface area contributed by atoms with Crippen LogP contribution in [0.15, 0.2) is 133 Å². The lowest BCUT2D eigenvalue weighted by molar-refractivity contribution is -0.115. The summed E-state index contributed by atoms with van der Waals surface area (Å²) < 4.78 is 33.3. The van der Waals surface area contributed by atoms with E-state index in [0.29, 0.717) is 41.3 Å². The molecular formula is C40H39IO6.